The van der Waals surface area contributed by atoms with Crippen LogP contribution < -0.4 is 4.74 Å². The van der Waals surface area contributed by atoms with Crippen molar-refractivity contribution < 1.29 is 4.74 Å². The molecule has 2 aromatic rings. The van der Waals surface area contributed by atoms with E-state index in [9.17, 15) is 0 Å². The first-order chi connectivity index (χ1) is 5.81. The van der Waals surface area contributed by atoms with Crippen molar-refractivity contribution >= 4 is 24.3 Å². The summed E-state index contributed by atoms with van der Waals surface area (Å²) in [5.74, 6) is 0.934. The van der Waals surface area contributed by atoms with Gasteiger partial charge in [-0.15, -0.1) is 0 Å². The Morgan fingerprint density at radius 2 is 2.25 bits per heavy atom. The van der Waals surface area contributed by atoms with Crippen LogP contribution >= 0.6 is 0 Å². The minimum atomic E-state index is 0.437. The first-order valence-electron chi connectivity index (χ1n) is 3.69. The van der Waals surface area contributed by atoms with Crippen molar-refractivity contribution in [1.82, 2.24) is 4.98 Å². The molecular formula is C9H9NOSe. The van der Waals surface area contributed by atoms with Crippen LogP contribution in [0.4, 0.5) is 0 Å². The van der Waals surface area contributed by atoms with Crippen LogP contribution in [-0.2, 0) is 0 Å². The van der Waals surface area contributed by atoms with Gasteiger partial charge in [0.15, 0.2) is 0 Å². The van der Waals surface area contributed by atoms with Gasteiger partial charge < -0.3 is 0 Å². The van der Waals surface area contributed by atoms with E-state index in [0.717, 1.165) is 11.3 Å². The maximum atomic E-state index is 5.20. The van der Waals surface area contributed by atoms with Crippen molar-refractivity contribution in [2.45, 2.75) is 6.92 Å². The van der Waals surface area contributed by atoms with E-state index in [1.807, 2.05) is 11.1 Å². The number of rotatable bonds is 1. The van der Waals surface area contributed by atoms with E-state index in [1.165, 1.54) is 9.82 Å². The number of fused-ring (bicyclic) bond motifs is 1. The van der Waals surface area contributed by atoms with Gasteiger partial charge in [0.05, 0.1) is 0 Å². The molecule has 0 saturated heterocycles. The van der Waals surface area contributed by atoms with Gasteiger partial charge in [0, 0.05) is 0 Å². The molecule has 2 nitrogen and oxygen atoms in total. The monoisotopic (exact) mass is 227 g/mol. The number of benzene rings is 1. The zero-order chi connectivity index (χ0) is 8.55. The Labute approximate surface area is 76.9 Å². The second kappa shape index (κ2) is 2.92. The summed E-state index contributed by atoms with van der Waals surface area (Å²) >= 11 is 0.437. The van der Waals surface area contributed by atoms with E-state index in [2.05, 4.69) is 18.0 Å². The molecule has 12 heavy (non-hydrogen) atoms. The summed E-state index contributed by atoms with van der Waals surface area (Å²) in [5, 5.41) is 2.00. The molecule has 0 unspecified atom stereocenters. The van der Waals surface area contributed by atoms with Crippen LogP contribution in [0.25, 0.3) is 9.78 Å². The van der Waals surface area contributed by atoms with Crippen molar-refractivity contribution in [3.63, 3.8) is 0 Å². The Morgan fingerprint density at radius 1 is 1.42 bits per heavy atom. The number of hydrogen-bond donors (Lipinski definition) is 0. The number of nitrogens with zero attached hydrogens (tertiary/aromatic N) is 1. The molecule has 0 fully saturated rings. The molecule has 0 amide bonds. The summed E-state index contributed by atoms with van der Waals surface area (Å²) in [6, 6.07) is 4.18. The summed E-state index contributed by atoms with van der Waals surface area (Å²) in [7, 11) is 1.69. The summed E-state index contributed by atoms with van der Waals surface area (Å²) in [5.41, 5.74) is 2.28. The van der Waals surface area contributed by atoms with Crippen molar-refractivity contribution in [2.24, 2.45) is 0 Å². The molecule has 0 radical (unpaired) electrons. The molecule has 0 aliphatic carbocycles. The Kier molecular flexibility index (Phi) is 1.91. The van der Waals surface area contributed by atoms with Crippen LogP contribution in [0.1, 0.15) is 5.56 Å². The Balaban J connectivity index is 2.73. The molecule has 1 aromatic carbocycles. The molecule has 0 aliphatic heterocycles. The van der Waals surface area contributed by atoms with Crippen molar-refractivity contribution in [3.05, 3.63) is 22.8 Å². The van der Waals surface area contributed by atoms with Gasteiger partial charge in [-0.2, -0.15) is 0 Å². The van der Waals surface area contributed by atoms with Gasteiger partial charge in [0.25, 0.3) is 0 Å². The van der Waals surface area contributed by atoms with E-state index in [-0.39, 0.29) is 0 Å². The SMILES string of the molecule is COc1cc2nc[se]c2cc1C. The quantitative estimate of drug-likeness (QED) is 0.689. The Bertz CT molecular complexity index is 408. The van der Waals surface area contributed by atoms with Crippen molar-refractivity contribution in [1.29, 1.82) is 0 Å². The fourth-order valence-corrected chi connectivity index (χ4v) is 2.79. The van der Waals surface area contributed by atoms with Crippen LogP contribution in [-0.4, -0.2) is 26.6 Å². The molecule has 1 heterocycles. The Hall–Kier alpha value is -0.791. The zero-order valence-corrected chi connectivity index (χ0v) is 8.71. The summed E-state index contributed by atoms with van der Waals surface area (Å²) in [6.07, 6.45) is 0. The van der Waals surface area contributed by atoms with Crippen molar-refractivity contribution in [3.8, 4) is 5.75 Å². The minimum absolute atomic E-state index is 0.437. The van der Waals surface area contributed by atoms with Crippen LogP contribution in [0.5, 0.6) is 5.75 Å². The number of aromatic nitrogens is 1. The van der Waals surface area contributed by atoms with E-state index < -0.39 is 0 Å². The van der Waals surface area contributed by atoms with E-state index in [0.29, 0.717) is 14.5 Å². The third-order valence-electron chi connectivity index (χ3n) is 1.85. The molecule has 0 spiro atoms. The van der Waals surface area contributed by atoms with Gasteiger partial charge in [-0.1, -0.05) is 0 Å². The molecule has 62 valence electrons. The normalized spacial score (nSPS) is 10.5. The van der Waals surface area contributed by atoms with Gasteiger partial charge in [-0.25, -0.2) is 0 Å². The topological polar surface area (TPSA) is 22.1 Å². The average molecular weight is 226 g/mol. The molecule has 3 heteroatoms. The molecule has 0 N–H and O–H groups in total. The molecule has 0 bridgehead atoms. The maximum absolute atomic E-state index is 5.20. The standard InChI is InChI=1S/C9H9NOSe/c1-6-3-9-7(10-5-12-9)4-8(6)11-2/h3-5H,1-2H3. The van der Waals surface area contributed by atoms with Gasteiger partial charge in [0.2, 0.25) is 0 Å². The van der Waals surface area contributed by atoms with Crippen LogP contribution in [0, 0.1) is 6.92 Å². The van der Waals surface area contributed by atoms with E-state index in [1.54, 1.807) is 7.11 Å². The second-order valence-electron chi connectivity index (χ2n) is 2.64. The number of hydrogen-bond acceptors (Lipinski definition) is 2. The van der Waals surface area contributed by atoms with Crippen molar-refractivity contribution in [2.75, 3.05) is 7.11 Å². The van der Waals surface area contributed by atoms with Crippen LogP contribution in [0.3, 0.4) is 0 Å². The predicted octanol–water partition coefficient (Wildman–Crippen LogP) is 1.61. The number of methoxy groups -OCH3 is 1. The molecule has 0 atom stereocenters. The van der Waals surface area contributed by atoms with Gasteiger partial charge in [-0.05, 0) is 0 Å². The second-order valence-corrected chi connectivity index (χ2v) is 4.50. The summed E-state index contributed by atoms with van der Waals surface area (Å²) in [6.45, 7) is 2.06. The number of ether oxygens (including phenoxy) is 1. The molecule has 0 saturated carbocycles. The Morgan fingerprint density at radius 3 is 3.00 bits per heavy atom. The fourth-order valence-electron chi connectivity index (χ4n) is 1.21. The van der Waals surface area contributed by atoms with Gasteiger partial charge >= 0.3 is 76.6 Å². The van der Waals surface area contributed by atoms with Crippen LogP contribution in [0.2, 0.25) is 0 Å². The third-order valence-corrected chi connectivity index (χ3v) is 3.51. The molecule has 0 aliphatic rings. The van der Waals surface area contributed by atoms with E-state index >= 15 is 0 Å². The zero-order valence-electron chi connectivity index (χ0n) is 7.00. The predicted molar refractivity (Wildman–Crippen MR) is 50.0 cm³/mol. The average Bonchev–Trinajstić information content (AvgIpc) is 2.49. The fraction of sp³-hybridized carbons (Fsp3) is 0.222. The van der Waals surface area contributed by atoms with E-state index in [4.69, 9.17) is 4.74 Å². The summed E-state index contributed by atoms with van der Waals surface area (Å²) in [4.78, 5) is 4.27. The summed E-state index contributed by atoms with van der Waals surface area (Å²) < 4.78 is 6.57. The molecule has 1 aromatic heterocycles. The molecule has 2 rings (SSSR count). The number of aryl methyl sites for hydroxylation is 1. The third kappa shape index (κ3) is 1.15. The van der Waals surface area contributed by atoms with Crippen LogP contribution in [0.15, 0.2) is 17.2 Å². The molecular weight excluding hydrogens is 217 g/mol. The van der Waals surface area contributed by atoms with Gasteiger partial charge in [-0.3, -0.25) is 0 Å². The first kappa shape index (κ1) is 7.84. The van der Waals surface area contributed by atoms with Gasteiger partial charge in [0.1, 0.15) is 0 Å². The first-order valence-corrected chi connectivity index (χ1v) is 5.53.